The highest BCUT2D eigenvalue weighted by Crippen LogP contribution is 2.30. The summed E-state index contributed by atoms with van der Waals surface area (Å²) in [6, 6.07) is 17.8. The zero-order valence-electron chi connectivity index (χ0n) is 20.9. The number of hydrogen-bond donors (Lipinski definition) is 1. The summed E-state index contributed by atoms with van der Waals surface area (Å²) in [5.41, 5.74) is 5.36. The largest absolute Gasteiger partial charge is 0.352 e. The molecule has 2 aromatic carbocycles. The number of nitrogens with one attached hydrogen (secondary N) is 1. The summed E-state index contributed by atoms with van der Waals surface area (Å²) in [5, 5.41) is 3.58. The number of benzene rings is 2. The Bertz CT molecular complexity index is 881. The number of piperidine rings is 1. The second-order valence-electron chi connectivity index (χ2n) is 10.9. The number of likely N-dealkylation sites (tertiary alicyclic amines) is 1. The number of hydrogen-bond acceptors (Lipinski definition) is 2. The van der Waals surface area contributed by atoms with Crippen LogP contribution in [-0.4, -0.2) is 29.9 Å². The molecule has 1 N–H and O–H groups in total. The average molecular weight is 447 g/mol. The summed E-state index contributed by atoms with van der Waals surface area (Å²) in [6.07, 6.45) is 7.81. The SMILES string of the molecule is Cc1cc(C)cc(CC(NC(=O)C2CCC(C)CC2)C2CCCN(Cc3ccccc3)C2)c1. The van der Waals surface area contributed by atoms with E-state index in [1.54, 1.807) is 0 Å². The summed E-state index contributed by atoms with van der Waals surface area (Å²) in [5.74, 6) is 1.77. The fourth-order valence-corrected chi connectivity index (χ4v) is 6.00. The Morgan fingerprint density at radius 1 is 0.970 bits per heavy atom. The molecule has 0 aromatic heterocycles. The zero-order chi connectivity index (χ0) is 23.2. The Hall–Kier alpha value is -2.13. The van der Waals surface area contributed by atoms with E-state index in [4.69, 9.17) is 0 Å². The second kappa shape index (κ2) is 11.3. The summed E-state index contributed by atoms with van der Waals surface area (Å²) in [4.78, 5) is 15.9. The summed E-state index contributed by atoms with van der Waals surface area (Å²) < 4.78 is 0. The Morgan fingerprint density at radius 2 is 1.67 bits per heavy atom. The standard InChI is InChI=1S/C30H42N2O/c1-22-11-13-27(14-12-22)30(33)31-29(19-26-17-23(2)16-24(3)18-26)28-10-7-15-32(21-28)20-25-8-5-4-6-9-25/h4-6,8-9,16-18,22,27-29H,7,10-15,19-21H2,1-3H3,(H,31,33). The van der Waals surface area contributed by atoms with Crippen LogP contribution in [0.1, 0.15) is 67.7 Å². The van der Waals surface area contributed by atoms with Crippen molar-refractivity contribution in [3.05, 3.63) is 70.8 Å². The first kappa shape index (κ1) is 24.0. The molecule has 1 saturated heterocycles. The monoisotopic (exact) mass is 446 g/mol. The molecule has 2 fully saturated rings. The van der Waals surface area contributed by atoms with Crippen LogP contribution >= 0.6 is 0 Å². The lowest BCUT2D eigenvalue weighted by molar-refractivity contribution is -0.127. The van der Waals surface area contributed by atoms with Crippen LogP contribution in [0.5, 0.6) is 0 Å². The van der Waals surface area contributed by atoms with Gasteiger partial charge in [-0.3, -0.25) is 9.69 Å². The van der Waals surface area contributed by atoms with Gasteiger partial charge >= 0.3 is 0 Å². The average Bonchev–Trinajstić information content (AvgIpc) is 2.79. The van der Waals surface area contributed by atoms with Gasteiger partial charge in [0.25, 0.3) is 0 Å². The topological polar surface area (TPSA) is 32.3 Å². The number of rotatable bonds is 7. The van der Waals surface area contributed by atoms with Crippen molar-refractivity contribution in [2.45, 2.75) is 78.3 Å². The van der Waals surface area contributed by atoms with E-state index in [9.17, 15) is 4.79 Å². The van der Waals surface area contributed by atoms with E-state index in [0.29, 0.717) is 11.8 Å². The molecule has 1 aliphatic carbocycles. The van der Waals surface area contributed by atoms with Crippen LogP contribution in [0.4, 0.5) is 0 Å². The van der Waals surface area contributed by atoms with Gasteiger partial charge in [-0.05, 0) is 88.3 Å². The van der Waals surface area contributed by atoms with Crippen LogP contribution < -0.4 is 5.32 Å². The number of amides is 1. The van der Waals surface area contributed by atoms with Crippen molar-refractivity contribution in [3.8, 4) is 0 Å². The van der Waals surface area contributed by atoms with Crippen LogP contribution in [0.15, 0.2) is 48.5 Å². The van der Waals surface area contributed by atoms with Crippen LogP contribution in [0.25, 0.3) is 0 Å². The van der Waals surface area contributed by atoms with E-state index >= 15 is 0 Å². The molecule has 178 valence electrons. The van der Waals surface area contributed by atoms with E-state index in [1.807, 2.05) is 0 Å². The van der Waals surface area contributed by atoms with Gasteiger partial charge < -0.3 is 5.32 Å². The van der Waals surface area contributed by atoms with Crippen molar-refractivity contribution in [2.75, 3.05) is 13.1 Å². The van der Waals surface area contributed by atoms with E-state index in [0.717, 1.165) is 44.8 Å². The first-order valence-electron chi connectivity index (χ1n) is 13.1. The molecule has 3 nitrogen and oxygen atoms in total. The minimum atomic E-state index is 0.201. The van der Waals surface area contributed by atoms with Gasteiger partial charge in [0.05, 0.1) is 0 Å². The summed E-state index contributed by atoms with van der Waals surface area (Å²) in [7, 11) is 0. The van der Waals surface area contributed by atoms with Gasteiger partial charge in [0.2, 0.25) is 5.91 Å². The van der Waals surface area contributed by atoms with Crippen molar-refractivity contribution in [1.29, 1.82) is 0 Å². The highest BCUT2D eigenvalue weighted by Gasteiger charge is 2.31. The van der Waals surface area contributed by atoms with E-state index in [1.165, 1.54) is 47.9 Å². The third-order valence-corrected chi connectivity index (χ3v) is 7.81. The van der Waals surface area contributed by atoms with E-state index < -0.39 is 0 Å². The molecule has 2 atom stereocenters. The molecule has 2 aliphatic rings. The van der Waals surface area contributed by atoms with Crippen LogP contribution in [0, 0.1) is 31.6 Å². The fourth-order valence-electron chi connectivity index (χ4n) is 6.00. The maximum atomic E-state index is 13.3. The van der Waals surface area contributed by atoms with Gasteiger partial charge in [0, 0.05) is 25.0 Å². The molecule has 1 amide bonds. The molecule has 1 heterocycles. The minimum Gasteiger partial charge on any atom is -0.352 e. The summed E-state index contributed by atoms with van der Waals surface area (Å²) in [6.45, 7) is 9.88. The smallest absolute Gasteiger partial charge is 0.223 e. The maximum absolute atomic E-state index is 13.3. The molecular weight excluding hydrogens is 404 g/mol. The first-order chi connectivity index (χ1) is 16.0. The Morgan fingerprint density at radius 3 is 2.36 bits per heavy atom. The predicted molar refractivity (Wildman–Crippen MR) is 137 cm³/mol. The van der Waals surface area contributed by atoms with Crippen LogP contribution in [0.3, 0.4) is 0 Å². The van der Waals surface area contributed by atoms with Crippen LogP contribution in [-0.2, 0) is 17.8 Å². The molecule has 0 bridgehead atoms. The predicted octanol–water partition coefficient (Wildman–Crippen LogP) is 6.07. The molecule has 1 aliphatic heterocycles. The molecule has 0 spiro atoms. The molecule has 2 unspecified atom stereocenters. The highest BCUT2D eigenvalue weighted by molar-refractivity contribution is 5.79. The van der Waals surface area contributed by atoms with Gasteiger partial charge in [0.1, 0.15) is 0 Å². The Kier molecular flexibility index (Phi) is 8.25. The van der Waals surface area contributed by atoms with Gasteiger partial charge in [-0.15, -0.1) is 0 Å². The summed E-state index contributed by atoms with van der Waals surface area (Å²) >= 11 is 0. The lowest BCUT2D eigenvalue weighted by atomic mass is 9.81. The third-order valence-electron chi connectivity index (χ3n) is 7.81. The number of carbonyl (C=O) groups excluding carboxylic acids is 1. The lowest BCUT2D eigenvalue weighted by Gasteiger charge is -2.38. The maximum Gasteiger partial charge on any atom is 0.223 e. The molecule has 4 rings (SSSR count). The molecular formula is C30H42N2O. The quantitative estimate of drug-likeness (QED) is 0.560. The Labute approximate surface area is 201 Å². The number of carbonyl (C=O) groups is 1. The van der Waals surface area contributed by atoms with Crippen molar-refractivity contribution in [1.82, 2.24) is 10.2 Å². The number of nitrogens with zero attached hydrogens (tertiary/aromatic N) is 1. The Balaban J connectivity index is 1.47. The molecule has 3 heteroatoms. The van der Waals surface area contributed by atoms with Gasteiger partial charge in [-0.1, -0.05) is 66.6 Å². The minimum absolute atomic E-state index is 0.201. The molecule has 0 radical (unpaired) electrons. The van der Waals surface area contributed by atoms with E-state index in [2.05, 4.69) is 79.5 Å². The van der Waals surface area contributed by atoms with E-state index in [-0.39, 0.29) is 12.0 Å². The van der Waals surface area contributed by atoms with Gasteiger partial charge in [-0.25, -0.2) is 0 Å². The number of aryl methyl sites for hydroxylation is 2. The highest BCUT2D eigenvalue weighted by atomic mass is 16.1. The van der Waals surface area contributed by atoms with Crippen LogP contribution in [0.2, 0.25) is 0 Å². The zero-order valence-corrected chi connectivity index (χ0v) is 20.9. The molecule has 2 aromatic rings. The second-order valence-corrected chi connectivity index (χ2v) is 10.9. The first-order valence-corrected chi connectivity index (χ1v) is 13.1. The van der Waals surface area contributed by atoms with Crippen molar-refractivity contribution >= 4 is 5.91 Å². The van der Waals surface area contributed by atoms with Gasteiger partial charge in [-0.2, -0.15) is 0 Å². The van der Waals surface area contributed by atoms with Crippen molar-refractivity contribution < 1.29 is 4.79 Å². The molecule has 33 heavy (non-hydrogen) atoms. The fraction of sp³-hybridized carbons (Fsp3) is 0.567. The molecule has 1 saturated carbocycles. The normalized spacial score (nSPS) is 24.9. The third kappa shape index (κ3) is 6.93. The van der Waals surface area contributed by atoms with Crippen molar-refractivity contribution in [3.63, 3.8) is 0 Å². The van der Waals surface area contributed by atoms with Crippen molar-refractivity contribution in [2.24, 2.45) is 17.8 Å². The van der Waals surface area contributed by atoms with Gasteiger partial charge in [0.15, 0.2) is 0 Å². The lowest BCUT2D eigenvalue weighted by Crippen LogP contribution is -2.50.